The molecule has 1 N–H and O–H groups in total. The van der Waals surface area contributed by atoms with Crippen LogP contribution in [0.25, 0.3) is 0 Å². The topological polar surface area (TPSA) is 78.3 Å². The molecule has 1 aliphatic heterocycles. The van der Waals surface area contributed by atoms with E-state index in [0.717, 1.165) is 17.0 Å². The highest BCUT2D eigenvalue weighted by atomic mass is 32.2. The standard InChI is InChI=1S/C21H22N4O3S/c1-13-8-4-5-9-15(13)22-20(26)14(2)29-21-24-23-19(25(21)3)18-12-27-16-10-6-7-11-17(16)28-18/h4-11,14,18H,12H2,1-3H3,(H,22,26). The molecule has 8 heteroatoms. The van der Waals surface area contributed by atoms with Crippen molar-refractivity contribution in [1.29, 1.82) is 0 Å². The molecule has 2 aromatic carbocycles. The molecule has 2 atom stereocenters. The summed E-state index contributed by atoms with van der Waals surface area (Å²) in [6.07, 6.45) is -0.354. The quantitative estimate of drug-likeness (QED) is 0.646. The molecule has 0 bridgehead atoms. The fourth-order valence-electron chi connectivity index (χ4n) is 3.02. The monoisotopic (exact) mass is 410 g/mol. The lowest BCUT2D eigenvalue weighted by molar-refractivity contribution is -0.115. The summed E-state index contributed by atoms with van der Waals surface area (Å²) >= 11 is 1.35. The number of hydrogen-bond donors (Lipinski definition) is 1. The normalized spacial score (nSPS) is 16.3. The predicted molar refractivity (Wildman–Crippen MR) is 111 cm³/mol. The Morgan fingerprint density at radius 3 is 2.69 bits per heavy atom. The van der Waals surface area contributed by atoms with Gasteiger partial charge in [-0.05, 0) is 37.6 Å². The maximum absolute atomic E-state index is 12.6. The fourth-order valence-corrected chi connectivity index (χ4v) is 3.84. The highest BCUT2D eigenvalue weighted by Gasteiger charge is 2.28. The van der Waals surface area contributed by atoms with Crippen molar-refractivity contribution in [3.8, 4) is 11.5 Å². The molecular formula is C21H22N4O3S. The van der Waals surface area contributed by atoms with Gasteiger partial charge in [-0.15, -0.1) is 10.2 Å². The first-order valence-corrected chi connectivity index (χ1v) is 10.2. The van der Waals surface area contributed by atoms with Gasteiger partial charge < -0.3 is 19.4 Å². The van der Waals surface area contributed by atoms with Crippen LogP contribution in [0.3, 0.4) is 0 Å². The SMILES string of the molecule is Cc1ccccc1NC(=O)C(C)Sc1nnc(C2COc3ccccc3O2)n1C. The molecule has 4 rings (SSSR count). The van der Waals surface area contributed by atoms with E-state index >= 15 is 0 Å². The summed E-state index contributed by atoms with van der Waals surface area (Å²) in [7, 11) is 1.87. The predicted octanol–water partition coefficient (Wildman–Crippen LogP) is 3.76. The number of thioether (sulfide) groups is 1. The molecule has 0 aliphatic carbocycles. The minimum atomic E-state index is -0.354. The van der Waals surface area contributed by atoms with Crippen molar-refractivity contribution < 1.29 is 14.3 Å². The number of aryl methyl sites for hydroxylation is 1. The third-order valence-corrected chi connectivity index (χ3v) is 5.85. The van der Waals surface area contributed by atoms with Gasteiger partial charge >= 0.3 is 0 Å². The molecule has 2 heterocycles. The van der Waals surface area contributed by atoms with E-state index in [1.54, 1.807) is 0 Å². The zero-order valence-electron chi connectivity index (χ0n) is 16.5. The summed E-state index contributed by atoms with van der Waals surface area (Å²) in [5.74, 6) is 1.99. The summed E-state index contributed by atoms with van der Waals surface area (Å²) in [5.41, 5.74) is 1.84. The Morgan fingerprint density at radius 1 is 1.17 bits per heavy atom. The summed E-state index contributed by atoms with van der Waals surface area (Å²) in [6, 6.07) is 15.2. The molecule has 29 heavy (non-hydrogen) atoms. The molecule has 1 aliphatic rings. The molecule has 150 valence electrons. The van der Waals surface area contributed by atoms with Crippen molar-refractivity contribution >= 4 is 23.4 Å². The second-order valence-corrected chi connectivity index (χ2v) is 8.14. The van der Waals surface area contributed by atoms with Crippen molar-refractivity contribution in [1.82, 2.24) is 14.8 Å². The van der Waals surface area contributed by atoms with Crippen LogP contribution in [0, 0.1) is 6.92 Å². The van der Waals surface area contributed by atoms with E-state index in [0.29, 0.717) is 23.3 Å². The van der Waals surface area contributed by atoms with Gasteiger partial charge in [0.25, 0.3) is 0 Å². The molecule has 0 saturated heterocycles. The van der Waals surface area contributed by atoms with Crippen molar-refractivity contribution in [2.75, 3.05) is 11.9 Å². The molecule has 0 saturated carbocycles. The number of carbonyl (C=O) groups is 1. The Kier molecular flexibility index (Phi) is 5.44. The van der Waals surface area contributed by atoms with Gasteiger partial charge in [0.15, 0.2) is 28.6 Å². The van der Waals surface area contributed by atoms with Gasteiger partial charge in [0.05, 0.1) is 5.25 Å². The van der Waals surface area contributed by atoms with Gasteiger partial charge in [0.1, 0.15) is 6.61 Å². The molecule has 0 spiro atoms. The minimum Gasteiger partial charge on any atom is -0.485 e. The van der Waals surface area contributed by atoms with Crippen LogP contribution in [-0.2, 0) is 11.8 Å². The third-order valence-electron chi connectivity index (χ3n) is 4.72. The van der Waals surface area contributed by atoms with Crippen LogP contribution in [-0.4, -0.2) is 32.5 Å². The number of anilines is 1. The zero-order chi connectivity index (χ0) is 20.4. The number of nitrogens with one attached hydrogen (secondary N) is 1. The molecule has 0 radical (unpaired) electrons. The van der Waals surface area contributed by atoms with E-state index in [2.05, 4.69) is 15.5 Å². The second-order valence-electron chi connectivity index (χ2n) is 6.83. The number of ether oxygens (including phenoxy) is 2. The first-order valence-electron chi connectivity index (χ1n) is 9.34. The van der Waals surface area contributed by atoms with E-state index in [-0.39, 0.29) is 17.3 Å². The van der Waals surface area contributed by atoms with Gasteiger partial charge in [-0.1, -0.05) is 42.1 Å². The number of carbonyl (C=O) groups excluding carboxylic acids is 1. The number of nitrogens with zero attached hydrogens (tertiary/aromatic N) is 3. The lowest BCUT2D eigenvalue weighted by atomic mass is 10.2. The first-order chi connectivity index (χ1) is 14.0. The van der Waals surface area contributed by atoms with Crippen LogP contribution in [0.5, 0.6) is 11.5 Å². The Bertz CT molecular complexity index is 1040. The van der Waals surface area contributed by atoms with Gasteiger partial charge in [-0.25, -0.2) is 0 Å². The number of amides is 1. The Morgan fingerprint density at radius 2 is 1.90 bits per heavy atom. The summed E-state index contributed by atoms with van der Waals surface area (Å²) in [6.45, 7) is 4.17. The highest BCUT2D eigenvalue weighted by molar-refractivity contribution is 8.00. The Hall–Kier alpha value is -3.00. The second kappa shape index (κ2) is 8.16. The number of para-hydroxylation sites is 3. The largest absolute Gasteiger partial charge is 0.485 e. The van der Waals surface area contributed by atoms with E-state index in [9.17, 15) is 4.79 Å². The van der Waals surface area contributed by atoms with Crippen LogP contribution in [0.2, 0.25) is 0 Å². The van der Waals surface area contributed by atoms with Gasteiger partial charge in [0, 0.05) is 12.7 Å². The maximum Gasteiger partial charge on any atom is 0.237 e. The van der Waals surface area contributed by atoms with Crippen molar-refractivity contribution in [3.63, 3.8) is 0 Å². The van der Waals surface area contributed by atoms with Crippen LogP contribution in [0.15, 0.2) is 53.7 Å². The number of hydrogen-bond acceptors (Lipinski definition) is 6. The van der Waals surface area contributed by atoms with Crippen LogP contribution in [0.1, 0.15) is 24.4 Å². The lowest BCUT2D eigenvalue weighted by Gasteiger charge is -2.25. The zero-order valence-corrected chi connectivity index (χ0v) is 17.3. The Labute approximate surface area is 173 Å². The average Bonchev–Trinajstić information content (AvgIpc) is 3.09. The van der Waals surface area contributed by atoms with E-state index in [1.807, 2.05) is 74.0 Å². The highest BCUT2D eigenvalue weighted by Crippen LogP contribution is 2.36. The van der Waals surface area contributed by atoms with Crippen molar-refractivity contribution in [2.24, 2.45) is 7.05 Å². The van der Waals surface area contributed by atoms with Crippen molar-refractivity contribution in [3.05, 3.63) is 59.9 Å². The minimum absolute atomic E-state index is 0.0833. The summed E-state index contributed by atoms with van der Waals surface area (Å²) in [5, 5.41) is 11.8. The summed E-state index contributed by atoms with van der Waals surface area (Å²) in [4.78, 5) is 12.6. The molecule has 0 fully saturated rings. The van der Waals surface area contributed by atoms with E-state index in [4.69, 9.17) is 9.47 Å². The summed E-state index contributed by atoms with van der Waals surface area (Å²) < 4.78 is 13.6. The molecule has 1 amide bonds. The smallest absolute Gasteiger partial charge is 0.237 e. The van der Waals surface area contributed by atoms with E-state index in [1.165, 1.54) is 11.8 Å². The van der Waals surface area contributed by atoms with Crippen LogP contribution < -0.4 is 14.8 Å². The molecule has 7 nitrogen and oxygen atoms in total. The lowest BCUT2D eigenvalue weighted by Crippen LogP contribution is -2.25. The number of rotatable bonds is 5. The maximum atomic E-state index is 12.6. The van der Waals surface area contributed by atoms with Crippen molar-refractivity contribution in [2.45, 2.75) is 30.4 Å². The number of fused-ring (bicyclic) bond motifs is 1. The first kappa shape index (κ1) is 19.3. The fraction of sp³-hybridized carbons (Fsp3) is 0.286. The third kappa shape index (κ3) is 4.07. The van der Waals surface area contributed by atoms with Gasteiger partial charge in [-0.3, -0.25) is 4.79 Å². The van der Waals surface area contributed by atoms with Gasteiger partial charge in [-0.2, -0.15) is 0 Å². The Balaban J connectivity index is 1.43. The van der Waals surface area contributed by atoms with Gasteiger partial charge in [0.2, 0.25) is 5.91 Å². The van der Waals surface area contributed by atoms with Crippen LogP contribution in [0.4, 0.5) is 5.69 Å². The van der Waals surface area contributed by atoms with E-state index < -0.39 is 0 Å². The molecule has 2 unspecified atom stereocenters. The number of benzene rings is 2. The molecular weight excluding hydrogens is 388 g/mol. The molecule has 3 aromatic rings. The molecule has 1 aromatic heterocycles. The van der Waals surface area contributed by atoms with Crippen LogP contribution >= 0.6 is 11.8 Å². The number of aromatic nitrogens is 3. The average molecular weight is 410 g/mol.